The maximum Gasteiger partial charge on any atom is 0.257 e. The molecule has 3 rings (SSSR count). The summed E-state index contributed by atoms with van der Waals surface area (Å²) in [6.07, 6.45) is 7.66. The number of nitrogens with zero attached hydrogens (tertiary/aromatic N) is 2. The first-order valence-electron chi connectivity index (χ1n) is 8.29. The van der Waals surface area contributed by atoms with Crippen LogP contribution >= 0.6 is 0 Å². The van der Waals surface area contributed by atoms with E-state index in [9.17, 15) is 4.79 Å². The second-order valence-electron chi connectivity index (χ2n) is 6.01. The zero-order valence-electron chi connectivity index (χ0n) is 14.1. The van der Waals surface area contributed by atoms with Crippen LogP contribution in [0, 0.1) is 0 Å². The predicted molar refractivity (Wildman–Crippen MR) is 91.8 cm³/mol. The second-order valence-corrected chi connectivity index (χ2v) is 6.01. The van der Waals surface area contributed by atoms with E-state index in [1.807, 2.05) is 10.7 Å². The molecule has 128 valence electrons. The lowest BCUT2D eigenvalue weighted by molar-refractivity contribution is 0.102. The zero-order valence-corrected chi connectivity index (χ0v) is 14.1. The van der Waals surface area contributed by atoms with Crippen molar-refractivity contribution >= 4 is 11.7 Å². The fraction of sp³-hybridized carbons (Fsp3) is 0.444. The molecule has 0 atom stereocenters. The van der Waals surface area contributed by atoms with Crippen molar-refractivity contribution in [3.63, 3.8) is 0 Å². The lowest BCUT2D eigenvalue weighted by Crippen LogP contribution is -2.20. The molecular formula is C18H23N3O3. The number of aromatic nitrogens is 2. The first kappa shape index (κ1) is 16.4. The molecule has 1 fully saturated rings. The average molecular weight is 329 g/mol. The maximum atomic E-state index is 12.6. The van der Waals surface area contributed by atoms with E-state index in [4.69, 9.17) is 9.47 Å². The number of carbonyl (C=O) groups excluding carboxylic acids is 1. The molecule has 1 aromatic heterocycles. The van der Waals surface area contributed by atoms with Crippen LogP contribution in [0.15, 0.2) is 30.5 Å². The minimum absolute atomic E-state index is 0.204. The quantitative estimate of drug-likeness (QED) is 0.909. The van der Waals surface area contributed by atoms with Gasteiger partial charge in [-0.15, -0.1) is 0 Å². The number of amides is 1. The van der Waals surface area contributed by atoms with E-state index in [1.54, 1.807) is 38.6 Å². The summed E-state index contributed by atoms with van der Waals surface area (Å²) in [5.74, 6) is 1.69. The van der Waals surface area contributed by atoms with Gasteiger partial charge < -0.3 is 14.8 Å². The largest absolute Gasteiger partial charge is 0.497 e. The van der Waals surface area contributed by atoms with Gasteiger partial charge in [0.25, 0.3) is 5.91 Å². The number of hydrogen-bond acceptors (Lipinski definition) is 4. The van der Waals surface area contributed by atoms with Crippen molar-refractivity contribution < 1.29 is 14.3 Å². The Kier molecular flexibility index (Phi) is 5.03. The minimum Gasteiger partial charge on any atom is -0.497 e. The standard InChI is InChI=1S/C18H23N3O3/c1-23-15-10-13(11-16(12-15)24-2)18(22)20-17-8-9-19-21(17)14-6-4-3-5-7-14/h8-12,14H,3-7H2,1-2H3,(H,20,22). The van der Waals surface area contributed by atoms with Crippen LogP contribution in [-0.2, 0) is 0 Å². The van der Waals surface area contributed by atoms with E-state index in [-0.39, 0.29) is 5.91 Å². The lowest BCUT2D eigenvalue weighted by atomic mass is 9.96. The van der Waals surface area contributed by atoms with Crippen molar-refractivity contribution in [3.8, 4) is 11.5 Å². The number of rotatable bonds is 5. The Labute approximate surface area is 141 Å². The Morgan fingerprint density at radius 1 is 1.12 bits per heavy atom. The molecular weight excluding hydrogens is 306 g/mol. The molecule has 0 radical (unpaired) electrons. The van der Waals surface area contributed by atoms with E-state index in [1.165, 1.54) is 19.3 Å². The van der Waals surface area contributed by atoms with E-state index in [0.29, 0.717) is 23.1 Å². The number of anilines is 1. The summed E-state index contributed by atoms with van der Waals surface area (Å²) in [7, 11) is 3.13. The van der Waals surface area contributed by atoms with Crippen molar-refractivity contribution in [3.05, 3.63) is 36.0 Å². The van der Waals surface area contributed by atoms with Crippen LogP contribution < -0.4 is 14.8 Å². The molecule has 0 bridgehead atoms. The Bertz CT molecular complexity index is 683. The van der Waals surface area contributed by atoms with Gasteiger partial charge in [-0.2, -0.15) is 5.10 Å². The molecule has 6 nitrogen and oxygen atoms in total. The number of carbonyl (C=O) groups is 1. The molecule has 6 heteroatoms. The predicted octanol–water partition coefficient (Wildman–Crippen LogP) is 3.66. The molecule has 1 N–H and O–H groups in total. The molecule has 0 saturated heterocycles. The smallest absolute Gasteiger partial charge is 0.257 e. The van der Waals surface area contributed by atoms with E-state index in [2.05, 4.69) is 10.4 Å². The van der Waals surface area contributed by atoms with Crippen molar-refractivity contribution in [2.75, 3.05) is 19.5 Å². The molecule has 1 saturated carbocycles. The SMILES string of the molecule is COc1cc(OC)cc(C(=O)Nc2ccnn2C2CCCCC2)c1. The molecule has 2 aromatic rings. The highest BCUT2D eigenvalue weighted by atomic mass is 16.5. The summed E-state index contributed by atoms with van der Waals surface area (Å²) in [6.45, 7) is 0. The Hall–Kier alpha value is -2.50. The van der Waals surface area contributed by atoms with Crippen LogP contribution in [0.5, 0.6) is 11.5 Å². The average Bonchev–Trinajstić information content (AvgIpc) is 3.10. The summed E-state index contributed by atoms with van der Waals surface area (Å²) in [5.41, 5.74) is 0.489. The normalized spacial score (nSPS) is 15.1. The number of benzene rings is 1. The van der Waals surface area contributed by atoms with Crippen LogP contribution in [0.3, 0.4) is 0 Å². The lowest BCUT2D eigenvalue weighted by Gasteiger charge is -2.23. The highest BCUT2D eigenvalue weighted by Crippen LogP contribution is 2.30. The van der Waals surface area contributed by atoms with Gasteiger partial charge in [-0.05, 0) is 25.0 Å². The third kappa shape index (κ3) is 3.53. The summed E-state index contributed by atoms with van der Waals surface area (Å²) in [5, 5.41) is 7.36. The molecule has 0 spiro atoms. The van der Waals surface area contributed by atoms with Gasteiger partial charge in [0.1, 0.15) is 17.3 Å². The fourth-order valence-electron chi connectivity index (χ4n) is 3.16. The number of nitrogens with one attached hydrogen (secondary N) is 1. The van der Waals surface area contributed by atoms with Gasteiger partial charge in [0, 0.05) is 17.7 Å². The van der Waals surface area contributed by atoms with Gasteiger partial charge in [0.05, 0.1) is 26.5 Å². The van der Waals surface area contributed by atoms with Crippen molar-refractivity contribution in [2.24, 2.45) is 0 Å². The molecule has 1 heterocycles. The molecule has 1 aliphatic carbocycles. The van der Waals surface area contributed by atoms with Gasteiger partial charge >= 0.3 is 0 Å². The topological polar surface area (TPSA) is 65.4 Å². The number of ether oxygens (including phenoxy) is 2. The summed E-state index contributed by atoms with van der Waals surface area (Å²) in [4.78, 5) is 12.6. The van der Waals surface area contributed by atoms with Crippen LogP contribution in [0.1, 0.15) is 48.5 Å². The van der Waals surface area contributed by atoms with Crippen LogP contribution in [-0.4, -0.2) is 29.9 Å². The zero-order chi connectivity index (χ0) is 16.9. The molecule has 1 amide bonds. The first-order chi connectivity index (χ1) is 11.7. The third-order valence-corrected chi connectivity index (χ3v) is 4.45. The Balaban J connectivity index is 1.79. The summed E-state index contributed by atoms with van der Waals surface area (Å²) < 4.78 is 12.4. The van der Waals surface area contributed by atoms with E-state index < -0.39 is 0 Å². The van der Waals surface area contributed by atoms with Crippen molar-refractivity contribution in [1.29, 1.82) is 0 Å². The molecule has 0 unspecified atom stereocenters. The molecule has 0 aliphatic heterocycles. The highest BCUT2D eigenvalue weighted by molar-refractivity contribution is 6.04. The number of hydrogen-bond donors (Lipinski definition) is 1. The van der Waals surface area contributed by atoms with Crippen LogP contribution in [0.4, 0.5) is 5.82 Å². The summed E-state index contributed by atoms with van der Waals surface area (Å²) >= 11 is 0. The van der Waals surface area contributed by atoms with Gasteiger partial charge in [0.15, 0.2) is 0 Å². The maximum absolute atomic E-state index is 12.6. The molecule has 1 aliphatic rings. The van der Waals surface area contributed by atoms with E-state index >= 15 is 0 Å². The van der Waals surface area contributed by atoms with Crippen LogP contribution in [0.25, 0.3) is 0 Å². The van der Waals surface area contributed by atoms with Gasteiger partial charge in [0.2, 0.25) is 0 Å². The molecule has 24 heavy (non-hydrogen) atoms. The van der Waals surface area contributed by atoms with Crippen molar-refractivity contribution in [1.82, 2.24) is 9.78 Å². The monoisotopic (exact) mass is 329 g/mol. The second kappa shape index (κ2) is 7.38. The first-order valence-corrected chi connectivity index (χ1v) is 8.29. The molecule has 1 aromatic carbocycles. The minimum atomic E-state index is -0.204. The Morgan fingerprint density at radius 2 is 1.79 bits per heavy atom. The fourth-order valence-corrected chi connectivity index (χ4v) is 3.16. The Morgan fingerprint density at radius 3 is 2.42 bits per heavy atom. The van der Waals surface area contributed by atoms with Gasteiger partial charge in [-0.1, -0.05) is 19.3 Å². The number of methoxy groups -OCH3 is 2. The van der Waals surface area contributed by atoms with Crippen LogP contribution in [0.2, 0.25) is 0 Å². The summed E-state index contributed by atoms with van der Waals surface area (Å²) in [6, 6.07) is 7.33. The highest BCUT2D eigenvalue weighted by Gasteiger charge is 2.20. The van der Waals surface area contributed by atoms with Gasteiger partial charge in [-0.3, -0.25) is 4.79 Å². The van der Waals surface area contributed by atoms with E-state index in [0.717, 1.165) is 18.7 Å². The van der Waals surface area contributed by atoms with Crippen molar-refractivity contribution in [2.45, 2.75) is 38.1 Å². The third-order valence-electron chi connectivity index (χ3n) is 4.45. The van der Waals surface area contributed by atoms with Gasteiger partial charge in [-0.25, -0.2) is 4.68 Å².